The highest BCUT2D eigenvalue weighted by Gasteiger charge is 2.21. The van der Waals surface area contributed by atoms with Gasteiger partial charge in [0.2, 0.25) is 5.88 Å². The van der Waals surface area contributed by atoms with Crippen molar-refractivity contribution in [3.8, 4) is 11.6 Å². The van der Waals surface area contributed by atoms with Gasteiger partial charge in [-0.3, -0.25) is 0 Å². The highest BCUT2D eigenvalue weighted by Crippen LogP contribution is 2.38. The van der Waals surface area contributed by atoms with Crippen LogP contribution in [0.25, 0.3) is 0 Å². The van der Waals surface area contributed by atoms with Crippen molar-refractivity contribution in [2.45, 2.75) is 33.1 Å². The van der Waals surface area contributed by atoms with Gasteiger partial charge >= 0.3 is 0 Å². The van der Waals surface area contributed by atoms with Gasteiger partial charge in [0.25, 0.3) is 0 Å². The van der Waals surface area contributed by atoms with Gasteiger partial charge in [0.1, 0.15) is 10.8 Å². The molecule has 0 amide bonds. The first-order valence-corrected chi connectivity index (χ1v) is 7.62. The molecule has 0 fully saturated rings. The Bertz CT molecular complexity index is 678. The van der Waals surface area contributed by atoms with Crippen LogP contribution >= 0.6 is 34.8 Å². The zero-order valence-electron chi connectivity index (χ0n) is 12.3. The summed E-state index contributed by atoms with van der Waals surface area (Å²) in [6.07, 6.45) is 0. The molecule has 5 heteroatoms. The fourth-order valence-electron chi connectivity index (χ4n) is 1.92. The topological polar surface area (TPSA) is 22.1 Å². The van der Waals surface area contributed by atoms with Gasteiger partial charge in [-0.05, 0) is 24.5 Å². The number of hydrogen-bond acceptors (Lipinski definition) is 2. The molecule has 2 nitrogen and oxygen atoms in total. The summed E-state index contributed by atoms with van der Waals surface area (Å²) >= 11 is 17.9. The van der Waals surface area contributed by atoms with Crippen LogP contribution in [-0.4, -0.2) is 4.98 Å². The second kappa shape index (κ2) is 6.04. The Hall–Kier alpha value is -0.960. The predicted molar refractivity (Wildman–Crippen MR) is 89.2 cm³/mol. The Morgan fingerprint density at radius 1 is 1.00 bits per heavy atom. The van der Waals surface area contributed by atoms with Crippen molar-refractivity contribution in [1.29, 1.82) is 0 Å². The summed E-state index contributed by atoms with van der Waals surface area (Å²) < 4.78 is 5.87. The molecule has 112 valence electrons. The average Bonchev–Trinajstić information content (AvgIpc) is 2.36. The number of pyridine rings is 1. The van der Waals surface area contributed by atoms with Gasteiger partial charge < -0.3 is 4.74 Å². The third kappa shape index (κ3) is 3.82. The molecule has 0 saturated carbocycles. The van der Waals surface area contributed by atoms with E-state index < -0.39 is 0 Å². The van der Waals surface area contributed by atoms with Gasteiger partial charge in [0.15, 0.2) is 5.15 Å². The highest BCUT2D eigenvalue weighted by molar-refractivity contribution is 6.42. The van der Waals surface area contributed by atoms with Gasteiger partial charge in [-0.2, -0.15) is 4.98 Å². The zero-order valence-corrected chi connectivity index (χ0v) is 14.6. The number of aromatic nitrogens is 1. The van der Waals surface area contributed by atoms with E-state index in [1.54, 1.807) is 0 Å². The van der Waals surface area contributed by atoms with Crippen molar-refractivity contribution in [2.24, 2.45) is 0 Å². The summed E-state index contributed by atoms with van der Waals surface area (Å²) in [6, 6.07) is 7.52. The number of benzene rings is 1. The molecule has 0 unspecified atom stereocenters. The molecule has 2 rings (SSSR count). The summed E-state index contributed by atoms with van der Waals surface area (Å²) in [5.41, 5.74) is 2.18. The standard InChI is InChI=1S/C16H16Cl3NO/c1-9-5-6-13(10(7-9)16(2,3)4)21-15-12(18)8-11(17)14(19)20-15/h5-8H,1-4H3. The van der Waals surface area contributed by atoms with Crippen LogP contribution < -0.4 is 4.74 Å². The molecule has 0 aliphatic carbocycles. The lowest BCUT2D eigenvalue weighted by Crippen LogP contribution is -2.13. The number of halogens is 3. The number of hydrogen-bond donors (Lipinski definition) is 0. The van der Waals surface area contributed by atoms with E-state index in [1.807, 2.05) is 19.1 Å². The van der Waals surface area contributed by atoms with Crippen LogP contribution in [0, 0.1) is 6.92 Å². The molecule has 0 aliphatic rings. The van der Waals surface area contributed by atoms with Crippen molar-refractivity contribution >= 4 is 34.8 Å². The highest BCUT2D eigenvalue weighted by atomic mass is 35.5. The molecule has 0 spiro atoms. The summed E-state index contributed by atoms with van der Waals surface area (Å²) in [5.74, 6) is 0.960. The van der Waals surface area contributed by atoms with Gasteiger partial charge in [0.05, 0.1) is 5.02 Å². The first-order chi connectivity index (χ1) is 9.68. The predicted octanol–water partition coefficient (Wildman–Crippen LogP) is 6.44. The van der Waals surface area contributed by atoms with E-state index >= 15 is 0 Å². The number of rotatable bonds is 2. The molecule has 0 atom stereocenters. The summed E-state index contributed by atoms with van der Waals surface area (Å²) in [5, 5.41) is 0.791. The van der Waals surface area contributed by atoms with Crippen LogP contribution in [0.3, 0.4) is 0 Å². The van der Waals surface area contributed by atoms with Crippen LogP contribution in [0.5, 0.6) is 11.6 Å². The smallest absolute Gasteiger partial charge is 0.239 e. The van der Waals surface area contributed by atoms with Crippen LogP contribution in [-0.2, 0) is 5.41 Å². The van der Waals surface area contributed by atoms with E-state index in [9.17, 15) is 0 Å². The minimum absolute atomic E-state index is 0.0654. The fourth-order valence-corrected chi connectivity index (χ4v) is 2.45. The van der Waals surface area contributed by atoms with Crippen molar-refractivity contribution in [1.82, 2.24) is 4.98 Å². The number of ether oxygens (including phenoxy) is 1. The van der Waals surface area contributed by atoms with Crippen molar-refractivity contribution in [3.63, 3.8) is 0 Å². The van der Waals surface area contributed by atoms with Gasteiger partial charge in [-0.15, -0.1) is 0 Å². The minimum atomic E-state index is -0.0654. The summed E-state index contributed by atoms with van der Waals surface area (Å²) in [7, 11) is 0. The molecular formula is C16H16Cl3NO. The lowest BCUT2D eigenvalue weighted by Gasteiger charge is -2.23. The number of nitrogens with zero attached hydrogens (tertiary/aromatic N) is 1. The Kier molecular flexibility index (Phi) is 4.72. The molecule has 1 heterocycles. The molecule has 1 aromatic carbocycles. The van der Waals surface area contributed by atoms with Gasteiger partial charge in [-0.25, -0.2) is 0 Å². The third-order valence-electron chi connectivity index (χ3n) is 3.00. The summed E-state index contributed by atoms with van der Waals surface area (Å²) in [4.78, 5) is 4.09. The quantitative estimate of drug-likeness (QED) is 0.585. The number of aryl methyl sites for hydroxylation is 1. The van der Waals surface area contributed by atoms with Gasteiger partial charge in [0, 0.05) is 5.56 Å². The van der Waals surface area contributed by atoms with E-state index in [2.05, 4.69) is 31.8 Å². The van der Waals surface area contributed by atoms with Crippen molar-refractivity contribution in [3.05, 3.63) is 50.6 Å². The van der Waals surface area contributed by atoms with E-state index in [0.29, 0.717) is 15.8 Å². The second-order valence-corrected chi connectivity index (χ2v) is 7.07. The first kappa shape index (κ1) is 16.4. The van der Waals surface area contributed by atoms with Crippen molar-refractivity contribution < 1.29 is 4.74 Å². The molecule has 2 aromatic rings. The SMILES string of the molecule is Cc1ccc(Oc2nc(Cl)c(Cl)cc2Cl)c(C(C)(C)C)c1. The Morgan fingerprint density at radius 3 is 2.29 bits per heavy atom. The lowest BCUT2D eigenvalue weighted by molar-refractivity contribution is 0.440. The second-order valence-electron chi connectivity index (χ2n) is 5.90. The van der Waals surface area contributed by atoms with E-state index in [0.717, 1.165) is 5.56 Å². The Morgan fingerprint density at radius 2 is 1.67 bits per heavy atom. The Labute approximate surface area is 140 Å². The molecular weight excluding hydrogens is 329 g/mol. The lowest BCUT2D eigenvalue weighted by atomic mass is 9.85. The van der Waals surface area contributed by atoms with Crippen LogP contribution in [0.15, 0.2) is 24.3 Å². The normalized spacial score (nSPS) is 11.6. The molecule has 0 radical (unpaired) electrons. The summed E-state index contributed by atoms with van der Waals surface area (Å²) in [6.45, 7) is 8.42. The molecule has 1 aromatic heterocycles. The maximum absolute atomic E-state index is 6.12. The largest absolute Gasteiger partial charge is 0.437 e. The third-order valence-corrected chi connectivity index (χ3v) is 3.95. The van der Waals surface area contributed by atoms with E-state index in [1.165, 1.54) is 11.6 Å². The molecule has 0 saturated heterocycles. The maximum Gasteiger partial charge on any atom is 0.239 e. The fraction of sp³-hybridized carbons (Fsp3) is 0.312. The van der Waals surface area contributed by atoms with E-state index in [4.69, 9.17) is 39.5 Å². The van der Waals surface area contributed by atoms with Crippen LogP contribution in [0.1, 0.15) is 31.9 Å². The molecule has 0 aliphatic heterocycles. The van der Waals surface area contributed by atoms with E-state index in [-0.39, 0.29) is 16.4 Å². The van der Waals surface area contributed by atoms with Crippen LogP contribution in [0.2, 0.25) is 15.2 Å². The maximum atomic E-state index is 6.12. The monoisotopic (exact) mass is 343 g/mol. The first-order valence-electron chi connectivity index (χ1n) is 6.49. The minimum Gasteiger partial charge on any atom is -0.437 e. The van der Waals surface area contributed by atoms with Crippen LogP contribution in [0.4, 0.5) is 0 Å². The zero-order chi connectivity index (χ0) is 15.8. The molecule has 0 N–H and O–H groups in total. The van der Waals surface area contributed by atoms with Crippen molar-refractivity contribution in [2.75, 3.05) is 0 Å². The van der Waals surface area contributed by atoms with Gasteiger partial charge in [-0.1, -0.05) is 73.3 Å². The Balaban J connectivity index is 2.47. The molecule has 21 heavy (non-hydrogen) atoms. The average molecular weight is 345 g/mol. The molecule has 0 bridgehead atoms.